The Bertz CT molecular complexity index is 490. The summed E-state index contributed by atoms with van der Waals surface area (Å²) in [6.07, 6.45) is 6.31. The lowest BCUT2D eigenvalue weighted by atomic mass is 9.78. The van der Waals surface area contributed by atoms with E-state index in [9.17, 15) is 0 Å². The molecule has 1 fully saturated rings. The number of methoxy groups -OCH3 is 1. The Morgan fingerprint density at radius 2 is 2.05 bits per heavy atom. The van der Waals surface area contributed by atoms with Gasteiger partial charge in [0, 0.05) is 24.4 Å². The normalized spacial score (nSPS) is 27.7. The predicted molar refractivity (Wildman–Crippen MR) is 86.1 cm³/mol. The van der Waals surface area contributed by atoms with Gasteiger partial charge in [0.05, 0.1) is 12.7 Å². The molecule has 116 valence electrons. The van der Waals surface area contributed by atoms with Gasteiger partial charge >= 0.3 is 0 Å². The van der Waals surface area contributed by atoms with E-state index in [1.165, 1.54) is 24.1 Å². The molecular formula is C18H27NO2. The number of hydrogen-bond acceptors (Lipinski definition) is 3. The molecule has 0 atom stereocenters. The average Bonchev–Trinajstić information content (AvgIpc) is 2.83. The van der Waals surface area contributed by atoms with Crippen LogP contribution in [0.2, 0.25) is 0 Å². The number of fused-ring (bicyclic) bond motifs is 1. The summed E-state index contributed by atoms with van der Waals surface area (Å²) < 4.78 is 11.3. The SMILES string of the molecule is COC1CCC2(CC1)Cc1ccc(OCC(C)C)cc1N2. The van der Waals surface area contributed by atoms with E-state index in [1.807, 2.05) is 7.11 Å². The summed E-state index contributed by atoms with van der Waals surface area (Å²) >= 11 is 0. The molecule has 1 aliphatic carbocycles. The number of rotatable bonds is 4. The van der Waals surface area contributed by atoms with Gasteiger partial charge in [-0.05, 0) is 49.7 Å². The van der Waals surface area contributed by atoms with E-state index in [2.05, 4.69) is 37.4 Å². The molecule has 1 heterocycles. The maximum Gasteiger partial charge on any atom is 0.121 e. The maximum absolute atomic E-state index is 5.84. The molecule has 3 heteroatoms. The van der Waals surface area contributed by atoms with E-state index in [4.69, 9.17) is 9.47 Å². The standard InChI is InChI=1S/C18H27NO2/c1-13(2)12-21-16-5-4-14-11-18(19-17(14)10-16)8-6-15(20-3)7-9-18/h4-5,10,13,15,19H,6-9,11-12H2,1-3H3. The zero-order chi connectivity index (χ0) is 14.9. The third kappa shape index (κ3) is 3.18. The first-order chi connectivity index (χ1) is 10.1. The average molecular weight is 289 g/mol. The van der Waals surface area contributed by atoms with Crippen molar-refractivity contribution in [3.8, 4) is 5.75 Å². The molecular weight excluding hydrogens is 262 g/mol. The van der Waals surface area contributed by atoms with Crippen LogP contribution in [0.3, 0.4) is 0 Å². The first kappa shape index (κ1) is 14.7. The lowest BCUT2D eigenvalue weighted by Crippen LogP contribution is -2.41. The second-order valence-corrected chi connectivity index (χ2v) is 7.04. The van der Waals surface area contributed by atoms with Crippen LogP contribution in [0.25, 0.3) is 0 Å². The Morgan fingerprint density at radius 1 is 1.29 bits per heavy atom. The highest BCUT2D eigenvalue weighted by atomic mass is 16.5. The molecule has 1 saturated carbocycles. The van der Waals surface area contributed by atoms with E-state index in [0.29, 0.717) is 12.0 Å². The van der Waals surface area contributed by atoms with Gasteiger partial charge < -0.3 is 14.8 Å². The summed E-state index contributed by atoms with van der Waals surface area (Å²) in [6.45, 7) is 5.13. The first-order valence-electron chi connectivity index (χ1n) is 8.17. The van der Waals surface area contributed by atoms with Crippen LogP contribution in [-0.4, -0.2) is 25.4 Å². The van der Waals surface area contributed by atoms with Crippen LogP contribution in [0.5, 0.6) is 5.75 Å². The van der Waals surface area contributed by atoms with Gasteiger partial charge in [-0.1, -0.05) is 19.9 Å². The molecule has 0 radical (unpaired) electrons. The summed E-state index contributed by atoms with van der Waals surface area (Å²) in [5, 5.41) is 3.79. The Labute approximate surface area is 128 Å². The van der Waals surface area contributed by atoms with Crippen LogP contribution in [0.15, 0.2) is 18.2 Å². The minimum Gasteiger partial charge on any atom is -0.493 e. The molecule has 1 aromatic carbocycles. The van der Waals surface area contributed by atoms with Crippen LogP contribution in [0.1, 0.15) is 45.1 Å². The molecule has 3 nitrogen and oxygen atoms in total. The Balaban J connectivity index is 1.67. The molecule has 0 bridgehead atoms. The van der Waals surface area contributed by atoms with Crippen molar-refractivity contribution in [1.29, 1.82) is 0 Å². The summed E-state index contributed by atoms with van der Waals surface area (Å²) in [6, 6.07) is 6.52. The van der Waals surface area contributed by atoms with E-state index in [0.717, 1.165) is 31.6 Å². The highest BCUT2D eigenvalue weighted by Gasteiger charge is 2.40. The smallest absolute Gasteiger partial charge is 0.121 e. The number of nitrogens with one attached hydrogen (secondary N) is 1. The molecule has 1 N–H and O–H groups in total. The first-order valence-corrected chi connectivity index (χ1v) is 8.17. The zero-order valence-corrected chi connectivity index (χ0v) is 13.4. The van der Waals surface area contributed by atoms with Crippen molar-refractivity contribution in [3.05, 3.63) is 23.8 Å². The highest BCUT2D eigenvalue weighted by Crippen LogP contribution is 2.43. The number of anilines is 1. The van der Waals surface area contributed by atoms with E-state index < -0.39 is 0 Å². The molecule has 1 aliphatic heterocycles. The van der Waals surface area contributed by atoms with Crippen LogP contribution in [0, 0.1) is 5.92 Å². The second kappa shape index (κ2) is 5.88. The molecule has 0 aromatic heterocycles. The van der Waals surface area contributed by atoms with Gasteiger partial charge in [0.2, 0.25) is 0 Å². The summed E-state index contributed by atoms with van der Waals surface area (Å²) in [5.41, 5.74) is 2.96. The van der Waals surface area contributed by atoms with Gasteiger partial charge in [0.1, 0.15) is 5.75 Å². The second-order valence-electron chi connectivity index (χ2n) is 7.04. The number of benzene rings is 1. The largest absolute Gasteiger partial charge is 0.493 e. The van der Waals surface area contributed by atoms with Crippen LogP contribution >= 0.6 is 0 Å². The third-order valence-corrected chi connectivity index (χ3v) is 4.82. The maximum atomic E-state index is 5.84. The van der Waals surface area contributed by atoms with Crippen molar-refractivity contribution in [2.24, 2.45) is 5.92 Å². The Hall–Kier alpha value is -1.22. The monoisotopic (exact) mass is 289 g/mol. The van der Waals surface area contributed by atoms with Crippen molar-refractivity contribution < 1.29 is 9.47 Å². The molecule has 1 aromatic rings. The van der Waals surface area contributed by atoms with Gasteiger partial charge in [0.15, 0.2) is 0 Å². The summed E-state index contributed by atoms with van der Waals surface area (Å²) in [7, 11) is 1.83. The van der Waals surface area contributed by atoms with Crippen molar-refractivity contribution in [2.75, 3.05) is 19.0 Å². The lowest BCUT2D eigenvalue weighted by molar-refractivity contribution is 0.0547. The van der Waals surface area contributed by atoms with E-state index in [1.54, 1.807) is 0 Å². The summed E-state index contributed by atoms with van der Waals surface area (Å²) in [5.74, 6) is 1.54. The minimum absolute atomic E-state index is 0.258. The fraction of sp³-hybridized carbons (Fsp3) is 0.667. The van der Waals surface area contributed by atoms with E-state index in [-0.39, 0.29) is 5.54 Å². The number of ether oxygens (including phenoxy) is 2. The van der Waals surface area contributed by atoms with Crippen LogP contribution in [-0.2, 0) is 11.2 Å². The minimum atomic E-state index is 0.258. The van der Waals surface area contributed by atoms with Gasteiger partial charge in [-0.3, -0.25) is 0 Å². The fourth-order valence-corrected chi connectivity index (χ4v) is 3.55. The molecule has 21 heavy (non-hydrogen) atoms. The summed E-state index contributed by atoms with van der Waals surface area (Å²) in [4.78, 5) is 0. The van der Waals surface area contributed by atoms with E-state index >= 15 is 0 Å². The van der Waals surface area contributed by atoms with Crippen molar-refractivity contribution in [3.63, 3.8) is 0 Å². The van der Waals surface area contributed by atoms with Crippen molar-refractivity contribution in [2.45, 2.75) is 57.6 Å². The molecule has 0 unspecified atom stereocenters. The topological polar surface area (TPSA) is 30.5 Å². The number of hydrogen-bond donors (Lipinski definition) is 1. The predicted octanol–water partition coefficient (Wildman–Crippen LogP) is 4.02. The quantitative estimate of drug-likeness (QED) is 0.908. The highest BCUT2D eigenvalue weighted by molar-refractivity contribution is 5.62. The molecule has 2 aliphatic rings. The molecule has 0 amide bonds. The Morgan fingerprint density at radius 3 is 2.71 bits per heavy atom. The lowest BCUT2D eigenvalue weighted by Gasteiger charge is -2.37. The third-order valence-electron chi connectivity index (χ3n) is 4.82. The van der Waals surface area contributed by atoms with Gasteiger partial charge in [-0.2, -0.15) is 0 Å². The van der Waals surface area contributed by atoms with Gasteiger partial charge in [0.25, 0.3) is 0 Å². The van der Waals surface area contributed by atoms with Crippen molar-refractivity contribution >= 4 is 5.69 Å². The van der Waals surface area contributed by atoms with Crippen molar-refractivity contribution in [1.82, 2.24) is 0 Å². The van der Waals surface area contributed by atoms with Gasteiger partial charge in [-0.15, -0.1) is 0 Å². The molecule has 3 rings (SSSR count). The zero-order valence-electron chi connectivity index (χ0n) is 13.4. The molecule has 1 spiro atoms. The fourth-order valence-electron chi connectivity index (χ4n) is 3.55. The van der Waals surface area contributed by atoms with Crippen LogP contribution in [0.4, 0.5) is 5.69 Å². The van der Waals surface area contributed by atoms with Gasteiger partial charge in [-0.25, -0.2) is 0 Å². The van der Waals surface area contributed by atoms with Crippen LogP contribution < -0.4 is 10.1 Å². The Kier molecular flexibility index (Phi) is 4.12. The molecule has 0 saturated heterocycles.